The molecule has 2 N–H and O–H groups in total. The van der Waals surface area contributed by atoms with E-state index in [1.165, 1.54) is 7.05 Å². The first-order chi connectivity index (χ1) is 10.9. The lowest BCUT2D eigenvalue weighted by atomic mass is 10.1. The lowest BCUT2D eigenvalue weighted by Gasteiger charge is -2.13. The molecule has 7 heteroatoms. The second-order valence-electron chi connectivity index (χ2n) is 5.55. The zero-order valence-electron chi connectivity index (χ0n) is 13.7. The van der Waals surface area contributed by atoms with E-state index in [1.807, 2.05) is 31.3 Å². The molecule has 0 fully saturated rings. The summed E-state index contributed by atoms with van der Waals surface area (Å²) in [7, 11) is -0.0217. The van der Waals surface area contributed by atoms with Crippen LogP contribution in [0.4, 0.5) is 0 Å². The van der Waals surface area contributed by atoms with Crippen LogP contribution in [0.1, 0.15) is 18.1 Å². The molecule has 0 saturated heterocycles. The van der Waals surface area contributed by atoms with Gasteiger partial charge in [0.25, 0.3) is 0 Å². The zero-order chi connectivity index (χ0) is 17.0. The SMILES string of the molecule is CCN(C)C(=O)Cc1c[nH]c2ccc(CCS(=O)(=O)NC)cc12. The van der Waals surface area contributed by atoms with Crippen LogP contribution in [0.5, 0.6) is 0 Å². The van der Waals surface area contributed by atoms with Crippen LogP contribution < -0.4 is 4.72 Å². The fourth-order valence-corrected chi connectivity index (χ4v) is 3.06. The third-order valence-electron chi connectivity index (χ3n) is 4.04. The van der Waals surface area contributed by atoms with E-state index < -0.39 is 10.0 Å². The first-order valence-corrected chi connectivity index (χ1v) is 9.25. The molecule has 1 heterocycles. The zero-order valence-corrected chi connectivity index (χ0v) is 14.5. The summed E-state index contributed by atoms with van der Waals surface area (Å²) >= 11 is 0. The highest BCUT2D eigenvalue weighted by Gasteiger charge is 2.13. The second kappa shape index (κ2) is 7.14. The van der Waals surface area contributed by atoms with E-state index in [9.17, 15) is 13.2 Å². The molecule has 126 valence electrons. The van der Waals surface area contributed by atoms with Crippen LogP contribution in [0.2, 0.25) is 0 Å². The number of rotatable bonds is 7. The molecule has 0 unspecified atom stereocenters. The summed E-state index contributed by atoms with van der Waals surface area (Å²) < 4.78 is 25.4. The topological polar surface area (TPSA) is 82.3 Å². The third-order valence-corrected chi connectivity index (χ3v) is 5.41. The van der Waals surface area contributed by atoms with E-state index in [0.29, 0.717) is 19.4 Å². The van der Waals surface area contributed by atoms with E-state index in [1.54, 1.807) is 11.9 Å². The van der Waals surface area contributed by atoms with E-state index in [0.717, 1.165) is 22.0 Å². The van der Waals surface area contributed by atoms with E-state index in [-0.39, 0.29) is 11.7 Å². The minimum Gasteiger partial charge on any atom is -0.361 e. The molecule has 0 radical (unpaired) electrons. The Morgan fingerprint density at radius 3 is 2.74 bits per heavy atom. The number of benzene rings is 1. The normalized spacial score (nSPS) is 11.8. The molecule has 1 amide bonds. The Balaban J connectivity index is 2.21. The molecule has 1 aromatic heterocycles. The predicted octanol–water partition coefficient (Wildman–Crippen LogP) is 1.28. The number of aromatic nitrogens is 1. The van der Waals surface area contributed by atoms with E-state index >= 15 is 0 Å². The summed E-state index contributed by atoms with van der Waals surface area (Å²) in [5.41, 5.74) is 2.82. The number of nitrogens with one attached hydrogen (secondary N) is 2. The molecule has 0 saturated carbocycles. The van der Waals surface area contributed by atoms with Crippen LogP contribution in [0.15, 0.2) is 24.4 Å². The number of hydrogen-bond donors (Lipinski definition) is 2. The summed E-state index contributed by atoms with van der Waals surface area (Å²) in [4.78, 5) is 16.9. The number of likely N-dealkylation sites (N-methyl/N-ethyl adjacent to an activating group) is 1. The van der Waals surface area contributed by atoms with Crippen molar-refractivity contribution in [2.24, 2.45) is 0 Å². The van der Waals surface area contributed by atoms with Gasteiger partial charge in [0.1, 0.15) is 0 Å². The number of nitrogens with zero attached hydrogens (tertiary/aromatic N) is 1. The smallest absolute Gasteiger partial charge is 0.226 e. The minimum absolute atomic E-state index is 0.0479. The van der Waals surface area contributed by atoms with Gasteiger partial charge in [-0.25, -0.2) is 13.1 Å². The van der Waals surface area contributed by atoms with Gasteiger partial charge in [-0.3, -0.25) is 4.79 Å². The Morgan fingerprint density at radius 2 is 2.09 bits per heavy atom. The van der Waals surface area contributed by atoms with Crippen molar-refractivity contribution in [3.63, 3.8) is 0 Å². The number of H-pyrrole nitrogens is 1. The van der Waals surface area contributed by atoms with E-state index in [4.69, 9.17) is 0 Å². The van der Waals surface area contributed by atoms with Gasteiger partial charge in [-0.1, -0.05) is 6.07 Å². The highest BCUT2D eigenvalue weighted by atomic mass is 32.2. The molecular formula is C16H23N3O3S. The summed E-state index contributed by atoms with van der Waals surface area (Å²) in [6.45, 7) is 2.61. The Bertz CT molecular complexity index is 796. The number of fused-ring (bicyclic) bond motifs is 1. The summed E-state index contributed by atoms with van der Waals surface area (Å²) in [5.74, 6) is 0.114. The first kappa shape index (κ1) is 17.5. The molecule has 0 aliphatic rings. The molecule has 0 aliphatic carbocycles. The molecule has 23 heavy (non-hydrogen) atoms. The minimum atomic E-state index is -3.22. The van der Waals surface area contributed by atoms with Crippen LogP contribution in [-0.4, -0.2) is 50.6 Å². The van der Waals surface area contributed by atoms with Gasteiger partial charge in [-0.15, -0.1) is 0 Å². The van der Waals surface area contributed by atoms with Gasteiger partial charge in [0.2, 0.25) is 15.9 Å². The van der Waals surface area contributed by atoms with Gasteiger partial charge in [0, 0.05) is 30.7 Å². The van der Waals surface area contributed by atoms with Crippen molar-refractivity contribution in [1.82, 2.24) is 14.6 Å². The molecule has 0 atom stereocenters. The number of amides is 1. The van der Waals surface area contributed by atoms with Crippen molar-refractivity contribution in [2.75, 3.05) is 26.4 Å². The molecular weight excluding hydrogens is 314 g/mol. The number of aryl methyl sites for hydroxylation is 1. The maximum absolute atomic E-state index is 12.1. The lowest BCUT2D eigenvalue weighted by Crippen LogP contribution is -2.27. The van der Waals surface area contributed by atoms with Crippen LogP contribution in [-0.2, 0) is 27.7 Å². The van der Waals surface area contributed by atoms with Gasteiger partial charge in [-0.2, -0.15) is 0 Å². The summed E-state index contributed by atoms with van der Waals surface area (Å²) in [6.07, 6.45) is 2.62. The molecule has 0 bridgehead atoms. The monoisotopic (exact) mass is 337 g/mol. The predicted molar refractivity (Wildman–Crippen MR) is 91.9 cm³/mol. The lowest BCUT2D eigenvalue weighted by molar-refractivity contribution is -0.128. The van der Waals surface area contributed by atoms with Crippen molar-refractivity contribution in [3.8, 4) is 0 Å². The molecule has 1 aromatic carbocycles. The average Bonchev–Trinajstić information content (AvgIpc) is 2.94. The van der Waals surface area contributed by atoms with Crippen molar-refractivity contribution >= 4 is 26.8 Å². The average molecular weight is 337 g/mol. The highest BCUT2D eigenvalue weighted by molar-refractivity contribution is 7.89. The van der Waals surface area contributed by atoms with Crippen molar-refractivity contribution in [1.29, 1.82) is 0 Å². The number of carbonyl (C=O) groups is 1. The Labute approximate surface area is 136 Å². The Kier molecular flexibility index (Phi) is 5.43. The van der Waals surface area contributed by atoms with Crippen LogP contribution in [0.3, 0.4) is 0 Å². The first-order valence-electron chi connectivity index (χ1n) is 7.60. The Hall–Kier alpha value is -1.86. The fourth-order valence-electron chi connectivity index (χ4n) is 2.36. The van der Waals surface area contributed by atoms with Gasteiger partial charge in [-0.05, 0) is 43.7 Å². The number of carbonyl (C=O) groups excluding carboxylic acids is 1. The maximum Gasteiger partial charge on any atom is 0.226 e. The van der Waals surface area contributed by atoms with Crippen molar-refractivity contribution in [2.45, 2.75) is 19.8 Å². The van der Waals surface area contributed by atoms with Crippen LogP contribution >= 0.6 is 0 Å². The molecule has 6 nitrogen and oxygen atoms in total. The van der Waals surface area contributed by atoms with E-state index in [2.05, 4.69) is 9.71 Å². The highest BCUT2D eigenvalue weighted by Crippen LogP contribution is 2.21. The van der Waals surface area contributed by atoms with Crippen LogP contribution in [0, 0.1) is 0 Å². The van der Waals surface area contributed by atoms with Gasteiger partial charge in [0.15, 0.2) is 0 Å². The molecule has 0 aliphatic heterocycles. The Morgan fingerprint density at radius 1 is 1.35 bits per heavy atom. The van der Waals surface area contributed by atoms with Crippen LogP contribution in [0.25, 0.3) is 10.9 Å². The van der Waals surface area contributed by atoms with Gasteiger partial charge < -0.3 is 9.88 Å². The standard InChI is InChI=1S/C16H23N3O3S/c1-4-19(3)16(20)10-13-11-18-15-6-5-12(9-14(13)15)7-8-23(21,22)17-2/h5-6,9,11,17-18H,4,7-8,10H2,1-3H3. The fraction of sp³-hybridized carbons (Fsp3) is 0.438. The molecule has 2 rings (SSSR count). The van der Waals surface area contributed by atoms with Gasteiger partial charge in [0.05, 0.1) is 12.2 Å². The molecule has 0 spiro atoms. The third kappa shape index (κ3) is 4.33. The molecule has 2 aromatic rings. The summed E-state index contributed by atoms with van der Waals surface area (Å²) in [5, 5.41) is 0.974. The largest absolute Gasteiger partial charge is 0.361 e. The van der Waals surface area contributed by atoms with Gasteiger partial charge >= 0.3 is 0 Å². The maximum atomic E-state index is 12.1. The number of hydrogen-bond acceptors (Lipinski definition) is 3. The van der Waals surface area contributed by atoms with Crippen molar-refractivity contribution < 1.29 is 13.2 Å². The summed E-state index contributed by atoms with van der Waals surface area (Å²) in [6, 6.07) is 5.80. The number of sulfonamides is 1. The second-order valence-corrected chi connectivity index (χ2v) is 7.60. The number of aromatic amines is 1. The van der Waals surface area contributed by atoms with Crippen molar-refractivity contribution in [3.05, 3.63) is 35.5 Å². The quantitative estimate of drug-likeness (QED) is 0.798.